The van der Waals surface area contributed by atoms with Gasteiger partial charge >= 0.3 is 25.5 Å². The van der Waals surface area contributed by atoms with Crippen molar-refractivity contribution in [2.45, 2.75) is 13.8 Å². The van der Waals surface area contributed by atoms with Crippen molar-refractivity contribution in [2.75, 3.05) is 0 Å². The molecule has 0 unspecified atom stereocenters. The van der Waals surface area contributed by atoms with Crippen LogP contribution >= 0.6 is 0 Å². The Morgan fingerprint density at radius 1 is 1.11 bits per heavy atom. The topological polar surface area (TPSA) is 69.1 Å². The van der Waals surface area contributed by atoms with Crippen LogP contribution in [-0.4, -0.2) is 6.03 Å². The van der Waals surface area contributed by atoms with E-state index in [1.54, 1.807) is 13.8 Å². The van der Waals surface area contributed by atoms with E-state index in [9.17, 15) is 0 Å². The molecule has 52 valence electrons. The molecule has 0 aromatic heterocycles. The third kappa shape index (κ3) is 24100. The summed E-state index contributed by atoms with van der Waals surface area (Å²) in [7, 11) is 0. The van der Waals surface area contributed by atoms with Gasteiger partial charge in [-0.05, 0) is 0 Å². The largest absolute Gasteiger partial charge is 2.00 e. The smallest absolute Gasteiger partial charge is 0.352 e. The van der Waals surface area contributed by atoms with Crippen LogP contribution in [0.2, 0.25) is 0 Å². The fraction of sp³-hybridized carbons (Fsp3) is 0.400. The molecule has 0 heterocycles. The molecule has 9 heavy (non-hydrogen) atoms. The Balaban J connectivity index is -0.0000000221. The van der Waals surface area contributed by atoms with Gasteiger partial charge in [-0.2, -0.15) is 13.8 Å². The van der Waals surface area contributed by atoms with Crippen LogP contribution < -0.4 is 11.5 Å². The number of primary amides is 2. The Kier molecular flexibility index (Phi) is 115. The van der Waals surface area contributed by atoms with Gasteiger partial charge in [-0.15, -0.1) is 0 Å². The van der Waals surface area contributed by atoms with Crippen molar-refractivity contribution >= 4 is 6.03 Å². The summed E-state index contributed by atoms with van der Waals surface area (Å²) in [5, 5.41) is 0. The summed E-state index contributed by atoms with van der Waals surface area (Å²) in [5.74, 6) is 0. The van der Waals surface area contributed by atoms with Crippen LogP contribution in [0.25, 0.3) is 0 Å². The molecule has 0 aliphatic rings. The van der Waals surface area contributed by atoms with E-state index >= 15 is 0 Å². The van der Waals surface area contributed by atoms with Crippen LogP contribution in [0, 0.1) is 13.8 Å². The summed E-state index contributed by atoms with van der Waals surface area (Å²) in [6.07, 6.45) is 0. The van der Waals surface area contributed by atoms with Crippen LogP contribution in [-0.2, 0) is 19.5 Å². The molecule has 3 nitrogen and oxygen atoms in total. The van der Waals surface area contributed by atoms with Crippen molar-refractivity contribution in [2.24, 2.45) is 11.5 Å². The van der Waals surface area contributed by atoms with Crippen LogP contribution in [0.15, 0.2) is 0 Å². The summed E-state index contributed by atoms with van der Waals surface area (Å²) in [4.78, 5) is 9.00. The molecular weight excluding hydrogens is 169 g/mol. The predicted octanol–water partition coefficient (Wildman–Crippen LogP) is 0.702. The van der Waals surface area contributed by atoms with Crippen molar-refractivity contribution in [1.82, 2.24) is 0 Å². The van der Waals surface area contributed by atoms with Gasteiger partial charge in [0.2, 0.25) is 0 Å². The molecule has 0 saturated heterocycles. The summed E-state index contributed by atoms with van der Waals surface area (Å²) < 4.78 is 0. The summed E-state index contributed by atoms with van der Waals surface area (Å²) >= 11 is 0. The minimum Gasteiger partial charge on any atom is -0.352 e. The van der Waals surface area contributed by atoms with Crippen LogP contribution in [0.5, 0.6) is 0 Å². The molecule has 0 atom stereocenters. The monoisotopic (exact) mass is 182 g/mol. The number of rotatable bonds is 0. The van der Waals surface area contributed by atoms with Crippen molar-refractivity contribution in [3.05, 3.63) is 13.8 Å². The second-order valence-electron chi connectivity index (χ2n) is 0.402. The first-order valence-corrected chi connectivity index (χ1v) is 2.20. The molecule has 4 N–H and O–H groups in total. The number of nitrogens with two attached hydrogens (primary N) is 2. The SMILES string of the molecule is NC(N)=O.[CH2-]C.[CH2-]C.[Zn+2]. The number of urea groups is 1. The van der Waals surface area contributed by atoms with E-state index in [0.717, 1.165) is 0 Å². The molecule has 0 aromatic carbocycles. The van der Waals surface area contributed by atoms with Gasteiger partial charge in [-0.1, -0.05) is 0 Å². The molecule has 0 bridgehead atoms. The van der Waals surface area contributed by atoms with Crippen LogP contribution in [0.4, 0.5) is 4.79 Å². The molecule has 0 spiro atoms. The van der Waals surface area contributed by atoms with Crippen molar-refractivity contribution in [1.29, 1.82) is 0 Å². The zero-order chi connectivity index (χ0) is 7.58. The molecule has 0 aromatic rings. The van der Waals surface area contributed by atoms with E-state index in [2.05, 4.69) is 25.3 Å². The number of carbonyl (C=O) groups excluding carboxylic acids is 1. The van der Waals surface area contributed by atoms with E-state index in [0.29, 0.717) is 0 Å². The average molecular weight is 184 g/mol. The van der Waals surface area contributed by atoms with Crippen molar-refractivity contribution in [3.63, 3.8) is 0 Å². The maximum atomic E-state index is 9.00. The molecule has 4 heteroatoms. The molecular formula is C5H14N2OZn. The van der Waals surface area contributed by atoms with E-state index in [1.807, 2.05) is 0 Å². The first kappa shape index (κ1) is 23.1. The second kappa shape index (κ2) is 44.8. The molecule has 0 fully saturated rings. The molecule has 0 saturated carbocycles. The number of carbonyl (C=O) groups is 1. The molecule has 0 rings (SSSR count). The number of hydrogen-bond acceptors (Lipinski definition) is 1. The first-order chi connectivity index (χ1) is 3.73. The minimum absolute atomic E-state index is 0. The Bertz CT molecular complexity index is 37.9. The van der Waals surface area contributed by atoms with E-state index < -0.39 is 6.03 Å². The molecule has 0 aliphatic carbocycles. The van der Waals surface area contributed by atoms with Gasteiger partial charge in [-0.3, -0.25) is 0 Å². The number of hydrogen-bond donors (Lipinski definition) is 2. The fourth-order valence-electron chi connectivity index (χ4n) is 0. The Labute approximate surface area is 69.9 Å². The Hall–Kier alpha value is -0.107. The third-order valence-electron chi connectivity index (χ3n) is 0. The fourth-order valence-corrected chi connectivity index (χ4v) is 0. The van der Waals surface area contributed by atoms with E-state index in [4.69, 9.17) is 4.79 Å². The van der Waals surface area contributed by atoms with Gasteiger partial charge in [-0.25, -0.2) is 4.79 Å². The van der Waals surface area contributed by atoms with Gasteiger partial charge in [0.1, 0.15) is 0 Å². The first-order valence-electron chi connectivity index (χ1n) is 2.20. The van der Waals surface area contributed by atoms with Gasteiger partial charge in [0.15, 0.2) is 0 Å². The Morgan fingerprint density at radius 3 is 1.11 bits per heavy atom. The van der Waals surface area contributed by atoms with E-state index in [-0.39, 0.29) is 19.5 Å². The Morgan fingerprint density at radius 2 is 1.11 bits per heavy atom. The average Bonchev–Trinajstić information content (AvgIpc) is 1.75. The third-order valence-corrected chi connectivity index (χ3v) is 0. The predicted molar refractivity (Wildman–Crippen MR) is 35.8 cm³/mol. The van der Waals surface area contributed by atoms with Gasteiger partial charge in [0.25, 0.3) is 0 Å². The van der Waals surface area contributed by atoms with Crippen molar-refractivity contribution in [3.8, 4) is 0 Å². The second-order valence-corrected chi connectivity index (χ2v) is 0.402. The normalized spacial score (nSPS) is 4.00. The standard InChI is InChI=1S/2C2H5.CH4N2O.Zn/c2*1-2;2-1(3)4;/h2*1H2,2H3;(H4,2,3,4);/q2*-1;;+2. The van der Waals surface area contributed by atoms with Gasteiger partial charge in [0.05, 0.1) is 0 Å². The summed E-state index contributed by atoms with van der Waals surface area (Å²) in [6, 6.07) is -0.833. The molecule has 0 radical (unpaired) electrons. The van der Waals surface area contributed by atoms with E-state index in [1.165, 1.54) is 0 Å². The maximum Gasteiger partial charge on any atom is 2.00 e. The van der Waals surface area contributed by atoms with Crippen molar-refractivity contribution < 1.29 is 24.3 Å². The molecule has 0 aliphatic heterocycles. The zero-order valence-electron chi connectivity index (χ0n) is 6.18. The van der Waals surface area contributed by atoms with Gasteiger partial charge < -0.3 is 25.3 Å². The van der Waals surface area contributed by atoms with Crippen LogP contribution in [0.3, 0.4) is 0 Å². The zero-order valence-corrected chi connectivity index (χ0v) is 9.15. The minimum atomic E-state index is -0.833. The number of amides is 2. The quantitative estimate of drug-likeness (QED) is 0.421. The molecule has 2 amide bonds. The van der Waals surface area contributed by atoms with Gasteiger partial charge in [0, 0.05) is 0 Å². The van der Waals surface area contributed by atoms with Crippen LogP contribution in [0.1, 0.15) is 13.8 Å². The summed E-state index contributed by atoms with van der Waals surface area (Å²) in [5.41, 5.74) is 8.50. The summed E-state index contributed by atoms with van der Waals surface area (Å²) in [6.45, 7) is 10.0. The maximum absolute atomic E-state index is 9.00.